The summed E-state index contributed by atoms with van der Waals surface area (Å²) in [6, 6.07) is 1.41. The molecule has 0 saturated carbocycles. The van der Waals surface area contributed by atoms with Crippen molar-refractivity contribution in [3.8, 4) is 0 Å². The van der Waals surface area contributed by atoms with Crippen molar-refractivity contribution in [1.29, 1.82) is 5.41 Å². The van der Waals surface area contributed by atoms with E-state index >= 15 is 0 Å². The van der Waals surface area contributed by atoms with Gasteiger partial charge in [0.2, 0.25) is 11.8 Å². The number of H-pyrrole nitrogens is 1. The Morgan fingerprint density at radius 3 is 2.84 bits per heavy atom. The molecule has 7 heteroatoms. The highest BCUT2D eigenvalue weighted by atomic mass is 16.3. The van der Waals surface area contributed by atoms with Gasteiger partial charge >= 0.3 is 0 Å². The number of carbonyl (C=O) groups is 2. The molecule has 0 aromatic carbocycles. The Bertz CT molecular complexity index is 894. The van der Waals surface area contributed by atoms with Crippen molar-refractivity contribution in [2.24, 2.45) is 0 Å². The highest BCUT2D eigenvalue weighted by Crippen LogP contribution is 2.19. The summed E-state index contributed by atoms with van der Waals surface area (Å²) in [5.74, 6) is -0.643. The van der Waals surface area contributed by atoms with Gasteiger partial charge in [-0.05, 0) is 56.4 Å². The lowest BCUT2D eigenvalue weighted by Gasteiger charge is -2.34. The van der Waals surface area contributed by atoms with Crippen molar-refractivity contribution in [2.45, 2.75) is 45.6 Å². The number of rotatable bonds is 9. The van der Waals surface area contributed by atoms with E-state index < -0.39 is 6.04 Å². The zero-order chi connectivity index (χ0) is 22.8. The molecular weight excluding hydrogens is 392 g/mol. The van der Waals surface area contributed by atoms with Crippen molar-refractivity contribution < 1.29 is 14.7 Å². The molecule has 1 saturated heterocycles. The van der Waals surface area contributed by atoms with Crippen LogP contribution >= 0.6 is 0 Å². The zero-order valence-electron chi connectivity index (χ0n) is 18.3. The maximum absolute atomic E-state index is 12.7. The van der Waals surface area contributed by atoms with Gasteiger partial charge in [0.05, 0.1) is 6.42 Å². The van der Waals surface area contributed by atoms with Gasteiger partial charge < -0.3 is 25.7 Å². The minimum absolute atomic E-state index is 0.158. The molecule has 1 unspecified atom stereocenters. The molecular formula is C24H32N4O3. The van der Waals surface area contributed by atoms with Gasteiger partial charge in [-0.3, -0.25) is 9.59 Å². The molecule has 2 rings (SSSR count). The van der Waals surface area contributed by atoms with E-state index in [1.54, 1.807) is 4.90 Å². The lowest BCUT2D eigenvalue weighted by Crippen LogP contribution is -2.52. The number of piperidine rings is 1. The number of amides is 2. The number of hydrogen-bond donors (Lipinski definition) is 4. The van der Waals surface area contributed by atoms with E-state index in [0.29, 0.717) is 19.5 Å². The molecule has 2 heterocycles. The van der Waals surface area contributed by atoms with Crippen molar-refractivity contribution >= 4 is 23.1 Å². The molecule has 7 nitrogen and oxygen atoms in total. The second-order valence-corrected chi connectivity index (χ2v) is 7.81. The fourth-order valence-corrected chi connectivity index (χ4v) is 3.41. The van der Waals surface area contributed by atoms with Crippen molar-refractivity contribution in [2.75, 3.05) is 13.1 Å². The number of aliphatic hydroxyl groups excluding tert-OH is 1. The van der Waals surface area contributed by atoms with Gasteiger partial charge in [0.25, 0.3) is 0 Å². The second-order valence-electron chi connectivity index (χ2n) is 7.81. The minimum Gasteiger partial charge on any atom is -0.512 e. The normalized spacial score (nSPS) is 17.6. The molecule has 4 N–H and O–H groups in total. The molecule has 31 heavy (non-hydrogen) atoms. The smallest absolute Gasteiger partial charge is 0.243 e. The first-order valence-electron chi connectivity index (χ1n) is 10.5. The molecule has 0 aliphatic carbocycles. The number of likely N-dealkylation sites (tertiary alicyclic amines) is 1. The van der Waals surface area contributed by atoms with Crippen LogP contribution in [0.2, 0.25) is 0 Å². The fraction of sp³-hybridized carbons (Fsp3) is 0.375. The molecule has 1 aromatic rings. The molecule has 1 aliphatic rings. The predicted octanol–water partition coefficient (Wildman–Crippen LogP) is 3.90. The summed E-state index contributed by atoms with van der Waals surface area (Å²) in [5, 5.41) is 20.2. The zero-order valence-corrected chi connectivity index (χ0v) is 18.3. The topological polar surface area (TPSA) is 109 Å². The first-order chi connectivity index (χ1) is 14.8. The molecule has 166 valence electrons. The highest BCUT2D eigenvalue weighted by Gasteiger charge is 2.32. The number of carbonyl (C=O) groups excluding carboxylic acids is 2. The van der Waals surface area contributed by atoms with Gasteiger partial charge in [0.15, 0.2) is 0 Å². The van der Waals surface area contributed by atoms with Crippen LogP contribution in [0.3, 0.4) is 0 Å². The van der Waals surface area contributed by atoms with Crippen molar-refractivity contribution in [3.05, 3.63) is 66.2 Å². The molecule has 1 atom stereocenters. The largest absolute Gasteiger partial charge is 0.512 e. The third kappa shape index (κ3) is 7.77. The van der Waals surface area contributed by atoms with E-state index in [0.717, 1.165) is 29.6 Å². The number of nitrogens with one attached hydrogen (secondary N) is 3. The molecule has 0 bridgehead atoms. The molecule has 0 radical (unpaired) electrons. The van der Waals surface area contributed by atoms with Gasteiger partial charge in [0.1, 0.15) is 11.8 Å². The number of nitrogens with zero attached hydrogens (tertiary/aromatic N) is 1. The Morgan fingerprint density at radius 1 is 1.39 bits per heavy atom. The van der Waals surface area contributed by atoms with E-state index in [4.69, 9.17) is 5.41 Å². The second kappa shape index (κ2) is 11.7. The Balaban J connectivity index is 1.90. The highest BCUT2D eigenvalue weighted by molar-refractivity contribution is 5.92. The summed E-state index contributed by atoms with van der Waals surface area (Å²) < 4.78 is 0. The van der Waals surface area contributed by atoms with Gasteiger partial charge in [0, 0.05) is 31.2 Å². The number of aromatic nitrogens is 1. The van der Waals surface area contributed by atoms with Gasteiger partial charge in [-0.1, -0.05) is 30.4 Å². The van der Waals surface area contributed by atoms with Gasteiger partial charge in [-0.15, -0.1) is 0 Å². The van der Waals surface area contributed by atoms with Crippen LogP contribution in [0.25, 0.3) is 5.57 Å². The fourth-order valence-electron chi connectivity index (χ4n) is 3.41. The summed E-state index contributed by atoms with van der Waals surface area (Å²) in [6.45, 7) is 8.35. The van der Waals surface area contributed by atoms with Crippen LogP contribution in [0.1, 0.15) is 45.1 Å². The SMILES string of the molecule is C=C(/C=C\C=C(/C)CNC(=O)C1CCCCN1C(=O)C/C(O)=C/C(C)=N)c1cc[nH]c1. The first kappa shape index (κ1) is 23.9. The Morgan fingerprint density at radius 2 is 2.16 bits per heavy atom. The van der Waals surface area contributed by atoms with E-state index in [1.165, 1.54) is 13.0 Å². The van der Waals surface area contributed by atoms with Gasteiger partial charge in [-0.25, -0.2) is 0 Å². The summed E-state index contributed by atoms with van der Waals surface area (Å²) in [7, 11) is 0. The van der Waals surface area contributed by atoms with Crippen LogP contribution in [-0.2, 0) is 9.59 Å². The van der Waals surface area contributed by atoms with Crippen LogP contribution in [0.15, 0.2) is 60.7 Å². The Kier molecular flexibility index (Phi) is 9.06. The molecule has 2 amide bonds. The maximum atomic E-state index is 12.7. The standard InChI is InChI=1S/C24H32N4O3/c1-17(7-6-8-18(2)20-10-11-26-16-20)15-27-24(31)22-9-4-5-12-28(22)23(30)14-21(29)13-19(3)25/h6-8,10-11,13,16,22,25-26,29H,2,4-5,9,12,14-15H2,1,3H3,(H,27,31)/b8-6-,17-7+,21-13-,25-19?. The number of allylic oxidation sites excluding steroid dienone is 5. The average Bonchev–Trinajstić information content (AvgIpc) is 3.26. The van der Waals surface area contributed by atoms with Crippen LogP contribution in [0.4, 0.5) is 0 Å². The summed E-state index contributed by atoms with van der Waals surface area (Å²) >= 11 is 0. The Labute approximate surface area is 183 Å². The van der Waals surface area contributed by atoms with Crippen molar-refractivity contribution in [3.63, 3.8) is 0 Å². The average molecular weight is 425 g/mol. The summed E-state index contributed by atoms with van der Waals surface area (Å²) in [6.07, 6.45) is 12.8. The Hall–Kier alpha value is -3.35. The third-order valence-corrected chi connectivity index (χ3v) is 5.03. The van der Waals surface area contributed by atoms with E-state index in [2.05, 4.69) is 16.9 Å². The van der Waals surface area contributed by atoms with E-state index in [-0.39, 0.29) is 29.7 Å². The third-order valence-electron chi connectivity index (χ3n) is 5.03. The monoisotopic (exact) mass is 424 g/mol. The lowest BCUT2D eigenvalue weighted by atomic mass is 10.0. The summed E-state index contributed by atoms with van der Waals surface area (Å²) in [4.78, 5) is 29.9. The summed E-state index contributed by atoms with van der Waals surface area (Å²) in [5.41, 5.74) is 3.06. The number of hydrogen-bond acceptors (Lipinski definition) is 4. The van der Waals surface area contributed by atoms with E-state index in [9.17, 15) is 14.7 Å². The van der Waals surface area contributed by atoms with Crippen molar-refractivity contribution in [1.82, 2.24) is 15.2 Å². The van der Waals surface area contributed by atoms with Crippen LogP contribution < -0.4 is 5.32 Å². The maximum Gasteiger partial charge on any atom is 0.243 e. The molecule has 0 spiro atoms. The lowest BCUT2D eigenvalue weighted by molar-refractivity contribution is -0.142. The van der Waals surface area contributed by atoms with Crippen LogP contribution in [0.5, 0.6) is 0 Å². The predicted molar refractivity (Wildman–Crippen MR) is 124 cm³/mol. The molecule has 1 aromatic heterocycles. The molecule has 1 fully saturated rings. The number of aromatic amines is 1. The van der Waals surface area contributed by atoms with Crippen LogP contribution in [0, 0.1) is 5.41 Å². The quantitative estimate of drug-likeness (QED) is 0.274. The first-order valence-corrected chi connectivity index (χ1v) is 10.5. The molecule has 1 aliphatic heterocycles. The number of aliphatic hydroxyl groups is 1. The minimum atomic E-state index is -0.535. The van der Waals surface area contributed by atoms with Crippen LogP contribution in [-0.4, -0.2) is 51.6 Å². The van der Waals surface area contributed by atoms with E-state index in [1.807, 2.05) is 43.6 Å². The van der Waals surface area contributed by atoms with Gasteiger partial charge in [-0.2, -0.15) is 0 Å².